The van der Waals surface area contributed by atoms with Gasteiger partial charge in [0, 0.05) is 19.6 Å². The Morgan fingerprint density at radius 1 is 1.47 bits per heavy atom. The summed E-state index contributed by atoms with van der Waals surface area (Å²) in [5.74, 6) is 0.621. The largest absolute Gasteiger partial charge is 0.484 e. The van der Waals surface area contributed by atoms with Crippen molar-refractivity contribution < 1.29 is 9.53 Å². The molecule has 1 aromatic carbocycles. The average Bonchev–Trinajstić information content (AvgIpc) is 3.18. The summed E-state index contributed by atoms with van der Waals surface area (Å²) in [5.41, 5.74) is 1.19. The molecule has 0 unspecified atom stereocenters. The third-order valence-electron chi connectivity index (χ3n) is 2.72. The van der Waals surface area contributed by atoms with Crippen LogP contribution in [-0.4, -0.2) is 25.6 Å². The van der Waals surface area contributed by atoms with Crippen LogP contribution in [0, 0.1) is 0 Å². The van der Waals surface area contributed by atoms with Crippen LogP contribution >= 0.6 is 0 Å². The van der Waals surface area contributed by atoms with Crippen molar-refractivity contribution >= 4 is 5.91 Å². The summed E-state index contributed by atoms with van der Waals surface area (Å²) in [5, 5.41) is 5.96. The van der Waals surface area contributed by atoms with Gasteiger partial charge in [-0.3, -0.25) is 4.79 Å². The van der Waals surface area contributed by atoms with Gasteiger partial charge in [-0.15, -0.1) is 0 Å². The van der Waals surface area contributed by atoms with Gasteiger partial charge in [-0.2, -0.15) is 0 Å². The third kappa shape index (κ3) is 4.07. The van der Waals surface area contributed by atoms with Crippen LogP contribution in [0.25, 0.3) is 0 Å². The van der Waals surface area contributed by atoms with Gasteiger partial charge < -0.3 is 15.4 Å². The van der Waals surface area contributed by atoms with Crippen LogP contribution < -0.4 is 15.4 Å². The summed E-state index contributed by atoms with van der Waals surface area (Å²) < 4.78 is 5.38. The number of carbonyl (C=O) groups is 1. The molecule has 1 amide bonds. The van der Waals surface area contributed by atoms with Crippen molar-refractivity contribution in [1.82, 2.24) is 10.6 Å². The van der Waals surface area contributed by atoms with E-state index in [0.29, 0.717) is 6.04 Å². The Bertz CT molecular complexity index is 389. The zero-order chi connectivity index (χ0) is 12.1. The Balaban J connectivity index is 1.84. The molecule has 0 bridgehead atoms. The fraction of sp³-hybridized carbons (Fsp3) is 0.462. The molecule has 0 saturated heterocycles. The first-order valence-electron chi connectivity index (χ1n) is 5.93. The number of amides is 1. The Hall–Kier alpha value is -1.55. The molecule has 1 fully saturated rings. The number of nitrogens with one attached hydrogen (secondary N) is 2. The van der Waals surface area contributed by atoms with Crippen LogP contribution in [0.4, 0.5) is 0 Å². The van der Waals surface area contributed by atoms with E-state index in [1.165, 1.54) is 18.4 Å². The molecule has 0 heterocycles. The summed E-state index contributed by atoms with van der Waals surface area (Å²) in [6, 6.07) is 8.54. The van der Waals surface area contributed by atoms with Crippen LogP contribution in [-0.2, 0) is 11.3 Å². The number of hydrogen-bond donors (Lipinski definition) is 2. The molecule has 0 radical (unpaired) electrons. The maximum atomic E-state index is 11.0. The second-order valence-electron chi connectivity index (χ2n) is 4.26. The van der Waals surface area contributed by atoms with Crippen molar-refractivity contribution in [2.45, 2.75) is 25.4 Å². The van der Waals surface area contributed by atoms with E-state index < -0.39 is 0 Å². The highest BCUT2D eigenvalue weighted by molar-refractivity contribution is 5.77. The molecule has 2 rings (SSSR count). The molecule has 0 aromatic heterocycles. The molecule has 0 atom stereocenters. The predicted octanol–water partition coefficient (Wildman–Crippen LogP) is 1.06. The van der Waals surface area contributed by atoms with Crippen molar-refractivity contribution in [3.63, 3.8) is 0 Å². The van der Waals surface area contributed by atoms with Gasteiger partial charge in [-0.1, -0.05) is 12.1 Å². The van der Waals surface area contributed by atoms with E-state index in [9.17, 15) is 4.79 Å². The minimum Gasteiger partial charge on any atom is -0.484 e. The number of benzene rings is 1. The highest BCUT2D eigenvalue weighted by Gasteiger charge is 2.19. The highest BCUT2D eigenvalue weighted by atomic mass is 16.5. The summed E-state index contributed by atoms with van der Waals surface area (Å²) >= 11 is 0. The van der Waals surface area contributed by atoms with Gasteiger partial charge in [-0.25, -0.2) is 0 Å². The SMILES string of the molecule is CNC(=O)COc1cccc(CNC2CC2)c1. The van der Waals surface area contributed by atoms with E-state index in [-0.39, 0.29) is 12.5 Å². The summed E-state index contributed by atoms with van der Waals surface area (Å²) in [7, 11) is 1.60. The number of rotatable bonds is 6. The van der Waals surface area contributed by atoms with Crippen LogP contribution in [0.15, 0.2) is 24.3 Å². The highest BCUT2D eigenvalue weighted by Crippen LogP contribution is 2.20. The van der Waals surface area contributed by atoms with Crippen molar-refractivity contribution in [3.05, 3.63) is 29.8 Å². The normalized spacial score (nSPS) is 14.4. The molecular formula is C13H18N2O2. The van der Waals surface area contributed by atoms with Gasteiger partial charge in [0.25, 0.3) is 5.91 Å². The van der Waals surface area contributed by atoms with E-state index in [2.05, 4.69) is 16.7 Å². The van der Waals surface area contributed by atoms with E-state index >= 15 is 0 Å². The lowest BCUT2D eigenvalue weighted by Gasteiger charge is -2.08. The monoisotopic (exact) mass is 234 g/mol. The molecular weight excluding hydrogens is 216 g/mol. The first kappa shape index (κ1) is 11.9. The lowest BCUT2D eigenvalue weighted by atomic mass is 10.2. The first-order valence-corrected chi connectivity index (χ1v) is 5.93. The smallest absolute Gasteiger partial charge is 0.257 e. The zero-order valence-electron chi connectivity index (χ0n) is 10.0. The molecule has 92 valence electrons. The second kappa shape index (κ2) is 5.68. The number of ether oxygens (including phenoxy) is 1. The fourth-order valence-electron chi connectivity index (χ4n) is 1.52. The summed E-state index contributed by atoms with van der Waals surface area (Å²) in [4.78, 5) is 11.0. The number of likely N-dealkylation sites (N-methyl/N-ethyl adjacent to an activating group) is 1. The quantitative estimate of drug-likeness (QED) is 0.774. The Morgan fingerprint density at radius 3 is 3.00 bits per heavy atom. The van der Waals surface area contributed by atoms with Crippen LogP contribution in [0.3, 0.4) is 0 Å². The molecule has 0 aliphatic heterocycles. The molecule has 2 N–H and O–H groups in total. The molecule has 17 heavy (non-hydrogen) atoms. The average molecular weight is 234 g/mol. The number of carbonyl (C=O) groups excluding carboxylic acids is 1. The minimum atomic E-state index is -0.119. The molecule has 0 spiro atoms. The molecule has 1 aliphatic carbocycles. The van der Waals surface area contributed by atoms with Gasteiger partial charge >= 0.3 is 0 Å². The molecule has 4 heteroatoms. The Labute approximate surface area is 101 Å². The molecule has 1 aromatic rings. The second-order valence-corrected chi connectivity index (χ2v) is 4.26. The standard InChI is InChI=1S/C13H18N2O2/c1-14-13(16)9-17-12-4-2-3-10(7-12)8-15-11-5-6-11/h2-4,7,11,15H,5-6,8-9H2,1H3,(H,14,16). The predicted molar refractivity (Wildman–Crippen MR) is 65.9 cm³/mol. The van der Waals surface area contributed by atoms with Crippen molar-refractivity contribution in [2.24, 2.45) is 0 Å². The minimum absolute atomic E-state index is 0.0655. The van der Waals surface area contributed by atoms with Crippen LogP contribution in [0.5, 0.6) is 5.75 Å². The van der Waals surface area contributed by atoms with Gasteiger partial charge in [0.05, 0.1) is 0 Å². The molecule has 1 saturated carbocycles. The van der Waals surface area contributed by atoms with Gasteiger partial charge in [-0.05, 0) is 30.5 Å². The van der Waals surface area contributed by atoms with E-state index in [1.54, 1.807) is 7.05 Å². The van der Waals surface area contributed by atoms with E-state index in [4.69, 9.17) is 4.74 Å². The van der Waals surface area contributed by atoms with Gasteiger partial charge in [0.1, 0.15) is 5.75 Å². The topological polar surface area (TPSA) is 50.4 Å². The van der Waals surface area contributed by atoms with E-state index in [0.717, 1.165) is 12.3 Å². The van der Waals surface area contributed by atoms with Crippen molar-refractivity contribution in [3.8, 4) is 5.75 Å². The third-order valence-corrected chi connectivity index (χ3v) is 2.72. The van der Waals surface area contributed by atoms with E-state index in [1.807, 2.05) is 18.2 Å². The lowest BCUT2D eigenvalue weighted by Crippen LogP contribution is -2.24. The molecule has 4 nitrogen and oxygen atoms in total. The van der Waals surface area contributed by atoms with Crippen LogP contribution in [0.2, 0.25) is 0 Å². The first-order chi connectivity index (χ1) is 8.28. The summed E-state index contributed by atoms with van der Waals surface area (Å²) in [6.45, 7) is 0.928. The zero-order valence-corrected chi connectivity index (χ0v) is 10.0. The van der Waals surface area contributed by atoms with Crippen molar-refractivity contribution in [2.75, 3.05) is 13.7 Å². The van der Waals surface area contributed by atoms with Crippen molar-refractivity contribution in [1.29, 1.82) is 0 Å². The Kier molecular flexibility index (Phi) is 3.98. The maximum absolute atomic E-state index is 11.0. The molecule has 1 aliphatic rings. The van der Waals surface area contributed by atoms with Crippen LogP contribution in [0.1, 0.15) is 18.4 Å². The summed E-state index contributed by atoms with van der Waals surface area (Å²) in [6.07, 6.45) is 2.57. The number of hydrogen-bond acceptors (Lipinski definition) is 3. The Morgan fingerprint density at radius 2 is 2.29 bits per heavy atom. The maximum Gasteiger partial charge on any atom is 0.257 e. The van der Waals surface area contributed by atoms with Gasteiger partial charge in [0.15, 0.2) is 6.61 Å². The van der Waals surface area contributed by atoms with Gasteiger partial charge in [0.2, 0.25) is 0 Å². The fourth-order valence-corrected chi connectivity index (χ4v) is 1.52. The lowest BCUT2D eigenvalue weighted by molar-refractivity contribution is -0.122.